The molecule has 8 heteroatoms. The van der Waals surface area contributed by atoms with Gasteiger partial charge in [0, 0.05) is 47.5 Å². The highest BCUT2D eigenvalue weighted by atomic mass is 16.5. The molecular formula is C31H30N4O4. The standard InChI is InChI=1S/C31H30N4O4/c36-27-9-8-26(29(37)33-27)35-18-24-23(30(35)38)6-7-25-28(24)39-19-31(25)10-13-34(14-11-31)17-20-3-1-4-21(15-20)22-5-2-12-32-16-22/h1-7,12,15-16,26H,8-11,13-14,17-19H2,(H,33,36,37). The lowest BCUT2D eigenvalue weighted by molar-refractivity contribution is -0.136. The van der Waals surface area contributed by atoms with Crippen molar-refractivity contribution in [1.29, 1.82) is 0 Å². The molecule has 0 saturated carbocycles. The van der Waals surface area contributed by atoms with E-state index in [1.807, 2.05) is 18.3 Å². The van der Waals surface area contributed by atoms with Gasteiger partial charge in [-0.25, -0.2) is 0 Å². The van der Waals surface area contributed by atoms with Crippen LogP contribution in [0.1, 0.15) is 52.7 Å². The molecule has 0 bridgehead atoms. The predicted molar refractivity (Wildman–Crippen MR) is 144 cm³/mol. The number of likely N-dealkylation sites (tertiary alicyclic amines) is 1. The van der Waals surface area contributed by atoms with Gasteiger partial charge >= 0.3 is 0 Å². The van der Waals surface area contributed by atoms with Crippen LogP contribution in [0.3, 0.4) is 0 Å². The van der Waals surface area contributed by atoms with Crippen molar-refractivity contribution in [2.75, 3.05) is 19.7 Å². The maximum Gasteiger partial charge on any atom is 0.255 e. The van der Waals surface area contributed by atoms with Crippen molar-refractivity contribution in [3.63, 3.8) is 0 Å². The lowest BCUT2D eigenvalue weighted by atomic mass is 9.74. The molecule has 198 valence electrons. The Morgan fingerprint density at radius 1 is 1.03 bits per heavy atom. The Balaban J connectivity index is 1.06. The van der Waals surface area contributed by atoms with Gasteiger partial charge in [0.1, 0.15) is 11.8 Å². The van der Waals surface area contributed by atoms with Crippen molar-refractivity contribution >= 4 is 17.7 Å². The minimum absolute atomic E-state index is 0.0521. The first-order chi connectivity index (χ1) is 19.0. The number of pyridine rings is 1. The van der Waals surface area contributed by atoms with E-state index in [0.717, 1.165) is 49.4 Å². The molecule has 7 rings (SSSR count). The van der Waals surface area contributed by atoms with Crippen LogP contribution in [0.15, 0.2) is 60.9 Å². The van der Waals surface area contributed by atoms with Crippen LogP contribution in [-0.2, 0) is 28.1 Å². The second-order valence-corrected chi connectivity index (χ2v) is 11.2. The third-order valence-corrected chi connectivity index (χ3v) is 8.87. The minimum Gasteiger partial charge on any atom is -0.492 e. The van der Waals surface area contributed by atoms with Crippen LogP contribution in [0, 0.1) is 0 Å². The third kappa shape index (κ3) is 4.10. The third-order valence-electron chi connectivity index (χ3n) is 8.87. The average Bonchev–Trinajstić information content (AvgIpc) is 3.48. The Labute approximate surface area is 227 Å². The summed E-state index contributed by atoms with van der Waals surface area (Å²) in [6.07, 6.45) is 6.28. The summed E-state index contributed by atoms with van der Waals surface area (Å²) in [7, 11) is 0. The molecule has 8 nitrogen and oxygen atoms in total. The van der Waals surface area contributed by atoms with Crippen LogP contribution < -0.4 is 10.1 Å². The number of piperidine rings is 2. The van der Waals surface area contributed by atoms with Gasteiger partial charge in [0.2, 0.25) is 11.8 Å². The lowest BCUT2D eigenvalue weighted by Gasteiger charge is -2.38. The average molecular weight is 523 g/mol. The number of rotatable bonds is 4. The first kappa shape index (κ1) is 24.0. The van der Waals surface area contributed by atoms with Crippen molar-refractivity contribution in [3.8, 4) is 16.9 Å². The van der Waals surface area contributed by atoms with Crippen molar-refractivity contribution in [2.45, 2.75) is 50.2 Å². The Hall–Kier alpha value is -4.04. The van der Waals surface area contributed by atoms with Crippen LogP contribution in [0.2, 0.25) is 0 Å². The molecule has 4 aliphatic rings. The number of hydrogen-bond donors (Lipinski definition) is 1. The second kappa shape index (κ2) is 9.31. The van der Waals surface area contributed by atoms with Crippen LogP contribution in [-0.4, -0.2) is 58.2 Å². The summed E-state index contributed by atoms with van der Waals surface area (Å²) in [4.78, 5) is 45.6. The van der Waals surface area contributed by atoms with Gasteiger partial charge in [-0.05, 0) is 67.2 Å². The molecule has 1 N–H and O–H groups in total. The summed E-state index contributed by atoms with van der Waals surface area (Å²) in [6.45, 7) is 3.81. The zero-order valence-corrected chi connectivity index (χ0v) is 21.7. The summed E-state index contributed by atoms with van der Waals surface area (Å²) in [5, 5.41) is 2.37. The summed E-state index contributed by atoms with van der Waals surface area (Å²) in [5.41, 5.74) is 6.23. The fourth-order valence-corrected chi connectivity index (χ4v) is 6.68. The van der Waals surface area contributed by atoms with E-state index in [0.29, 0.717) is 25.1 Å². The van der Waals surface area contributed by atoms with Gasteiger partial charge in [0.05, 0.1) is 13.2 Å². The fourth-order valence-electron chi connectivity index (χ4n) is 6.68. The molecule has 2 saturated heterocycles. The monoisotopic (exact) mass is 522 g/mol. The molecule has 1 unspecified atom stereocenters. The number of fused-ring (bicyclic) bond motifs is 4. The number of nitrogens with one attached hydrogen (secondary N) is 1. The molecule has 0 radical (unpaired) electrons. The van der Waals surface area contributed by atoms with Gasteiger partial charge in [-0.15, -0.1) is 0 Å². The number of hydrogen-bond acceptors (Lipinski definition) is 6. The fraction of sp³-hybridized carbons (Fsp3) is 0.355. The molecular weight excluding hydrogens is 492 g/mol. The number of amides is 3. The van der Waals surface area contributed by atoms with E-state index in [9.17, 15) is 14.4 Å². The quantitative estimate of drug-likeness (QED) is 0.528. The summed E-state index contributed by atoms with van der Waals surface area (Å²) < 4.78 is 6.32. The van der Waals surface area contributed by atoms with Crippen LogP contribution in [0.4, 0.5) is 0 Å². The summed E-state index contributed by atoms with van der Waals surface area (Å²) >= 11 is 0. The van der Waals surface area contributed by atoms with Gasteiger partial charge in [-0.1, -0.05) is 30.3 Å². The first-order valence-electron chi connectivity index (χ1n) is 13.7. The predicted octanol–water partition coefficient (Wildman–Crippen LogP) is 3.44. The van der Waals surface area contributed by atoms with Gasteiger partial charge in [-0.3, -0.25) is 29.6 Å². The number of aromatic nitrogens is 1. The molecule has 1 atom stereocenters. The summed E-state index contributed by atoms with van der Waals surface area (Å²) in [5.74, 6) is 0.00218. The van der Waals surface area contributed by atoms with Crippen LogP contribution in [0.25, 0.3) is 11.1 Å². The van der Waals surface area contributed by atoms with E-state index in [4.69, 9.17) is 4.74 Å². The van der Waals surface area contributed by atoms with E-state index in [1.54, 1.807) is 11.1 Å². The molecule has 3 amide bonds. The number of ether oxygens (including phenoxy) is 1. The van der Waals surface area contributed by atoms with Crippen LogP contribution in [0.5, 0.6) is 5.75 Å². The van der Waals surface area contributed by atoms with E-state index in [1.165, 1.54) is 16.7 Å². The second-order valence-electron chi connectivity index (χ2n) is 11.2. The van der Waals surface area contributed by atoms with E-state index >= 15 is 0 Å². The van der Waals surface area contributed by atoms with E-state index < -0.39 is 6.04 Å². The van der Waals surface area contributed by atoms with Crippen LogP contribution >= 0.6 is 0 Å². The number of carbonyl (C=O) groups excluding carboxylic acids is 3. The number of benzene rings is 2. The molecule has 2 fully saturated rings. The molecule has 1 aromatic heterocycles. The molecule has 4 aliphatic heterocycles. The Kier molecular flexibility index (Phi) is 5.74. The Morgan fingerprint density at radius 3 is 2.67 bits per heavy atom. The zero-order chi connectivity index (χ0) is 26.6. The van der Waals surface area contributed by atoms with E-state index in [2.05, 4.69) is 51.6 Å². The van der Waals surface area contributed by atoms with Crippen molar-refractivity contribution in [2.24, 2.45) is 0 Å². The summed E-state index contributed by atoms with van der Waals surface area (Å²) in [6, 6.07) is 16.1. The van der Waals surface area contributed by atoms with Crippen molar-refractivity contribution in [1.82, 2.24) is 20.1 Å². The Bertz CT molecular complexity index is 1480. The van der Waals surface area contributed by atoms with E-state index in [-0.39, 0.29) is 29.6 Å². The maximum absolute atomic E-state index is 13.2. The first-order valence-corrected chi connectivity index (χ1v) is 13.7. The van der Waals surface area contributed by atoms with Gasteiger partial charge < -0.3 is 9.64 Å². The molecule has 1 spiro atoms. The highest BCUT2D eigenvalue weighted by Gasteiger charge is 2.47. The molecule has 3 aromatic rings. The molecule has 5 heterocycles. The lowest BCUT2D eigenvalue weighted by Crippen LogP contribution is -2.52. The normalized spacial score (nSPS) is 22.0. The van der Waals surface area contributed by atoms with Gasteiger partial charge in [-0.2, -0.15) is 0 Å². The largest absolute Gasteiger partial charge is 0.492 e. The topological polar surface area (TPSA) is 91.8 Å². The van der Waals surface area contributed by atoms with Crippen molar-refractivity contribution in [3.05, 3.63) is 83.2 Å². The molecule has 2 aromatic carbocycles. The van der Waals surface area contributed by atoms with Crippen molar-refractivity contribution < 1.29 is 19.1 Å². The van der Waals surface area contributed by atoms with Gasteiger partial charge in [0.25, 0.3) is 5.91 Å². The highest BCUT2D eigenvalue weighted by molar-refractivity contribution is 6.05. The smallest absolute Gasteiger partial charge is 0.255 e. The minimum atomic E-state index is -0.617. The number of imide groups is 1. The van der Waals surface area contributed by atoms with Gasteiger partial charge in [0.15, 0.2) is 0 Å². The molecule has 39 heavy (non-hydrogen) atoms. The number of carbonyl (C=O) groups is 3. The SMILES string of the molecule is O=C1CCC(N2Cc3c(ccc4c3OCC43CCN(Cc4cccc(-c5cccnc5)c4)CC3)C2=O)C(=O)N1. The molecule has 0 aliphatic carbocycles. The Morgan fingerprint density at radius 2 is 1.87 bits per heavy atom. The zero-order valence-electron chi connectivity index (χ0n) is 21.7. The highest BCUT2D eigenvalue weighted by Crippen LogP contribution is 2.49. The maximum atomic E-state index is 13.2. The number of nitrogens with zero attached hydrogens (tertiary/aromatic N) is 3.